The average molecular weight is 403 g/mol. The van der Waals surface area contributed by atoms with E-state index in [0.29, 0.717) is 16.7 Å². The standard InChI is InChI=1S/C27H43FO/c1-18(17-28)6-5-7-19(2)23-10-11-24-22-9-8-20-16-21(29)12-14-26(20,3)25(22)13-15-27(23,24)4/h8,10,18-19,21-22,24-25,29H,5-7,9,11-17H2,1-4H3/t18-,19-,21?,22?,24?,25?,26?,27?/m1/s1. The van der Waals surface area contributed by atoms with Crippen molar-refractivity contribution in [1.82, 2.24) is 0 Å². The van der Waals surface area contributed by atoms with Gasteiger partial charge in [-0.2, -0.15) is 0 Å². The van der Waals surface area contributed by atoms with Gasteiger partial charge in [-0.3, -0.25) is 4.39 Å². The molecule has 2 heteroatoms. The summed E-state index contributed by atoms with van der Waals surface area (Å²) in [5.74, 6) is 3.27. The second kappa shape index (κ2) is 8.13. The van der Waals surface area contributed by atoms with Crippen LogP contribution in [0.2, 0.25) is 0 Å². The summed E-state index contributed by atoms with van der Waals surface area (Å²) in [6, 6.07) is 0. The molecule has 0 heterocycles. The van der Waals surface area contributed by atoms with E-state index >= 15 is 0 Å². The van der Waals surface area contributed by atoms with Crippen LogP contribution >= 0.6 is 0 Å². The van der Waals surface area contributed by atoms with Crippen LogP contribution in [0.1, 0.15) is 91.9 Å². The van der Waals surface area contributed by atoms with Crippen molar-refractivity contribution in [3.05, 3.63) is 23.3 Å². The van der Waals surface area contributed by atoms with Gasteiger partial charge in [-0.1, -0.05) is 57.4 Å². The molecule has 0 spiro atoms. The molecule has 29 heavy (non-hydrogen) atoms. The number of fused-ring (bicyclic) bond motifs is 5. The van der Waals surface area contributed by atoms with Crippen molar-refractivity contribution in [3.8, 4) is 0 Å². The highest BCUT2D eigenvalue weighted by atomic mass is 19.1. The van der Waals surface area contributed by atoms with Crippen LogP contribution in [0.15, 0.2) is 23.3 Å². The second-order valence-electron chi connectivity index (χ2n) is 11.6. The van der Waals surface area contributed by atoms with E-state index in [1.165, 1.54) is 38.5 Å². The molecule has 4 aliphatic carbocycles. The summed E-state index contributed by atoms with van der Waals surface area (Å²) in [6.45, 7) is 9.37. The summed E-state index contributed by atoms with van der Waals surface area (Å²) < 4.78 is 12.8. The van der Waals surface area contributed by atoms with Crippen molar-refractivity contribution in [1.29, 1.82) is 0 Å². The van der Waals surface area contributed by atoms with E-state index in [1.54, 1.807) is 11.1 Å². The quantitative estimate of drug-likeness (QED) is 0.464. The summed E-state index contributed by atoms with van der Waals surface area (Å²) in [4.78, 5) is 0. The van der Waals surface area contributed by atoms with Crippen molar-refractivity contribution in [3.63, 3.8) is 0 Å². The summed E-state index contributed by atoms with van der Waals surface area (Å²) in [6.07, 6.45) is 16.7. The molecular weight excluding hydrogens is 359 g/mol. The van der Waals surface area contributed by atoms with E-state index in [4.69, 9.17) is 0 Å². The molecule has 4 rings (SSSR count). The summed E-state index contributed by atoms with van der Waals surface area (Å²) in [5.41, 5.74) is 4.01. The Morgan fingerprint density at radius 1 is 1.03 bits per heavy atom. The minimum atomic E-state index is -0.175. The fraction of sp³-hybridized carbons (Fsp3) is 0.852. The Morgan fingerprint density at radius 3 is 2.55 bits per heavy atom. The van der Waals surface area contributed by atoms with Gasteiger partial charge in [0.25, 0.3) is 0 Å². The number of hydrogen-bond donors (Lipinski definition) is 1. The van der Waals surface area contributed by atoms with E-state index < -0.39 is 0 Å². The Kier molecular flexibility index (Phi) is 6.06. The number of allylic oxidation sites excluding steroid dienone is 3. The Bertz CT molecular complexity index is 665. The highest BCUT2D eigenvalue weighted by Crippen LogP contribution is 2.65. The van der Waals surface area contributed by atoms with E-state index in [1.807, 2.05) is 6.92 Å². The van der Waals surface area contributed by atoms with E-state index in [2.05, 4.69) is 32.9 Å². The molecule has 6 unspecified atom stereocenters. The molecule has 0 aromatic rings. The summed E-state index contributed by atoms with van der Waals surface area (Å²) >= 11 is 0. The van der Waals surface area contributed by atoms with Crippen molar-refractivity contribution in [2.45, 2.75) is 98.0 Å². The maximum absolute atomic E-state index is 12.8. The third-order valence-electron chi connectivity index (χ3n) is 9.85. The number of aliphatic hydroxyl groups is 1. The first-order valence-electron chi connectivity index (χ1n) is 12.4. The maximum Gasteiger partial charge on any atom is 0.0919 e. The molecule has 0 aromatic carbocycles. The first-order valence-corrected chi connectivity index (χ1v) is 12.4. The van der Waals surface area contributed by atoms with Crippen molar-refractivity contribution in [2.24, 2.45) is 40.4 Å². The molecule has 8 atom stereocenters. The Hall–Kier alpha value is -0.630. The number of rotatable bonds is 6. The van der Waals surface area contributed by atoms with Gasteiger partial charge >= 0.3 is 0 Å². The molecule has 0 aromatic heterocycles. The van der Waals surface area contributed by atoms with Gasteiger partial charge in [0.1, 0.15) is 0 Å². The topological polar surface area (TPSA) is 20.2 Å². The second-order valence-corrected chi connectivity index (χ2v) is 11.6. The van der Waals surface area contributed by atoms with Crippen LogP contribution in [-0.2, 0) is 0 Å². The minimum absolute atomic E-state index is 0.111. The number of alkyl halides is 1. The van der Waals surface area contributed by atoms with Gasteiger partial charge in [0, 0.05) is 0 Å². The fourth-order valence-electron chi connectivity index (χ4n) is 8.01. The predicted octanol–water partition coefficient (Wildman–Crippen LogP) is 7.26. The highest BCUT2D eigenvalue weighted by molar-refractivity contribution is 5.31. The fourth-order valence-corrected chi connectivity index (χ4v) is 8.01. The molecule has 2 fully saturated rings. The van der Waals surface area contributed by atoms with Crippen LogP contribution in [0, 0.1) is 40.4 Å². The smallest absolute Gasteiger partial charge is 0.0919 e. The van der Waals surface area contributed by atoms with Crippen LogP contribution in [0.5, 0.6) is 0 Å². The van der Waals surface area contributed by atoms with Gasteiger partial charge in [-0.15, -0.1) is 0 Å². The molecule has 0 bridgehead atoms. The molecule has 2 saturated carbocycles. The van der Waals surface area contributed by atoms with Crippen molar-refractivity contribution in [2.75, 3.05) is 6.67 Å². The first kappa shape index (κ1) is 21.6. The average Bonchev–Trinajstić information content (AvgIpc) is 3.05. The van der Waals surface area contributed by atoms with E-state index in [0.717, 1.165) is 43.4 Å². The summed E-state index contributed by atoms with van der Waals surface area (Å²) in [5, 5.41) is 10.2. The maximum atomic E-state index is 12.8. The first-order chi connectivity index (χ1) is 13.8. The number of hydrogen-bond acceptors (Lipinski definition) is 1. The normalized spacial score (nSPS) is 43.5. The van der Waals surface area contributed by atoms with Gasteiger partial charge in [-0.25, -0.2) is 0 Å². The van der Waals surface area contributed by atoms with Crippen LogP contribution in [0.25, 0.3) is 0 Å². The van der Waals surface area contributed by atoms with Gasteiger partial charge in [-0.05, 0) is 98.2 Å². The molecule has 0 aliphatic heterocycles. The lowest BCUT2D eigenvalue weighted by Gasteiger charge is -2.58. The van der Waals surface area contributed by atoms with Crippen LogP contribution in [-0.4, -0.2) is 17.9 Å². The molecule has 1 nitrogen and oxygen atoms in total. The zero-order valence-corrected chi connectivity index (χ0v) is 19.2. The lowest BCUT2D eigenvalue weighted by molar-refractivity contribution is -0.0316. The molecule has 164 valence electrons. The Labute approximate surface area is 178 Å². The summed E-state index contributed by atoms with van der Waals surface area (Å²) in [7, 11) is 0. The third-order valence-corrected chi connectivity index (χ3v) is 9.85. The molecule has 4 aliphatic rings. The minimum Gasteiger partial charge on any atom is -0.393 e. The van der Waals surface area contributed by atoms with E-state index in [9.17, 15) is 9.50 Å². The predicted molar refractivity (Wildman–Crippen MR) is 119 cm³/mol. The van der Waals surface area contributed by atoms with Crippen LogP contribution < -0.4 is 0 Å². The third kappa shape index (κ3) is 3.66. The van der Waals surface area contributed by atoms with E-state index in [-0.39, 0.29) is 18.7 Å². The monoisotopic (exact) mass is 402 g/mol. The van der Waals surface area contributed by atoms with Crippen LogP contribution in [0.3, 0.4) is 0 Å². The van der Waals surface area contributed by atoms with Crippen molar-refractivity contribution < 1.29 is 9.50 Å². The van der Waals surface area contributed by atoms with Gasteiger partial charge in [0.15, 0.2) is 0 Å². The van der Waals surface area contributed by atoms with Gasteiger partial charge in [0.05, 0.1) is 12.8 Å². The number of aliphatic hydroxyl groups excluding tert-OH is 1. The molecule has 1 N–H and O–H groups in total. The molecule has 0 amide bonds. The highest BCUT2D eigenvalue weighted by Gasteiger charge is 2.56. The molecule has 0 radical (unpaired) electrons. The number of halogens is 1. The largest absolute Gasteiger partial charge is 0.393 e. The molecular formula is C27H43FO. The van der Waals surface area contributed by atoms with Crippen LogP contribution in [0.4, 0.5) is 4.39 Å². The SMILES string of the molecule is C[C@@H](CF)CCC[C@@H](C)C1=CCC2C3CC=C4CC(O)CCC4(C)C3CCC12C. The van der Waals surface area contributed by atoms with Crippen molar-refractivity contribution >= 4 is 0 Å². The Morgan fingerprint density at radius 2 is 1.79 bits per heavy atom. The zero-order valence-electron chi connectivity index (χ0n) is 19.2. The molecule has 0 saturated heterocycles. The van der Waals surface area contributed by atoms with Gasteiger partial charge < -0.3 is 5.11 Å². The lowest BCUT2D eigenvalue weighted by atomic mass is 9.47. The van der Waals surface area contributed by atoms with Gasteiger partial charge in [0.2, 0.25) is 0 Å². The zero-order chi connectivity index (χ0) is 20.8. The lowest BCUT2D eigenvalue weighted by Crippen LogP contribution is -2.50. The Balaban J connectivity index is 1.47.